The van der Waals surface area contributed by atoms with E-state index in [1.54, 1.807) is 0 Å². The van der Waals surface area contributed by atoms with Crippen molar-refractivity contribution in [3.05, 3.63) is 17.5 Å². The van der Waals surface area contributed by atoms with Crippen molar-refractivity contribution in [2.24, 2.45) is 4.99 Å². The Labute approximate surface area is 119 Å². The predicted octanol–water partition coefficient (Wildman–Crippen LogP) is 2.00. The normalized spacial score (nSPS) is 21.4. The number of hydrogen-bond acceptors (Lipinski definition) is 3. The smallest absolute Gasteiger partial charge is 0.193 e. The molecule has 0 atom stereocenters. The van der Waals surface area contributed by atoms with Gasteiger partial charge in [-0.3, -0.25) is 4.99 Å². The Hall–Kier alpha value is -1.23. The quantitative estimate of drug-likeness (QED) is 0.663. The second-order valence-electron chi connectivity index (χ2n) is 5.24. The summed E-state index contributed by atoms with van der Waals surface area (Å²) < 4.78 is 0. The van der Waals surface area contributed by atoms with Crippen LogP contribution in [-0.2, 0) is 0 Å². The van der Waals surface area contributed by atoms with Crippen molar-refractivity contribution in [3.63, 3.8) is 0 Å². The van der Waals surface area contributed by atoms with E-state index in [1.165, 1.54) is 24.3 Å². The van der Waals surface area contributed by atoms with Crippen molar-refractivity contribution in [2.45, 2.75) is 25.3 Å². The van der Waals surface area contributed by atoms with E-state index in [0.29, 0.717) is 6.04 Å². The van der Waals surface area contributed by atoms with Crippen molar-refractivity contribution < 1.29 is 0 Å². The highest BCUT2D eigenvalue weighted by Crippen LogP contribution is 2.23. The van der Waals surface area contributed by atoms with Gasteiger partial charge in [0, 0.05) is 39.3 Å². The zero-order valence-corrected chi connectivity index (χ0v) is 12.3. The number of nitrogens with zero attached hydrogens (tertiary/aromatic N) is 3. The first-order valence-electron chi connectivity index (χ1n) is 7.13. The summed E-state index contributed by atoms with van der Waals surface area (Å²) in [5, 5.41) is 7.12. The van der Waals surface area contributed by atoms with Gasteiger partial charge in [0.1, 0.15) is 0 Å². The van der Waals surface area contributed by atoms with Crippen molar-refractivity contribution in [1.82, 2.24) is 10.2 Å². The highest BCUT2D eigenvalue weighted by Gasteiger charge is 2.24. The molecule has 1 aliphatic carbocycles. The summed E-state index contributed by atoms with van der Waals surface area (Å²) in [7, 11) is 1.90. The summed E-state index contributed by atoms with van der Waals surface area (Å²) in [5.41, 5.74) is 0. The second-order valence-corrected chi connectivity index (χ2v) is 6.17. The first-order chi connectivity index (χ1) is 9.36. The van der Waals surface area contributed by atoms with Crippen LogP contribution in [0.3, 0.4) is 0 Å². The fraction of sp³-hybridized carbons (Fsp3) is 0.643. The minimum absolute atomic E-state index is 0.661. The molecule has 1 N–H and O–H groups in total. The Morgan fingerprint density at radius 3 is 2.63 bits per heavy atom. The molecule has 1 saturated heterocycles. The lowest BCUT2D eigenvalue weighted by molar-refractivity contribution is 0.332. The molecule has 19 heavy (non-hydrogen) atoms. The average Bonchev–Trinajstić information content (AvgIpc) is 2.92. The van der Waals surface area contributed by atoms with Gasteiger partial charge in [-0.1, -0.05) is 0 Å². The van der Waals surface area contributed by atoms with Gasteiger partial charge in [-0.15, -0.1) is 11.3 Å². The molecular formula is C14H22N4S. The minimum atomic E-state index is 0.661. The molecular weight excluding hydrogens is 256 g/mol. The first kappa shape index (κ1) is 12.8. The highest BCUT2D eigenvalue weighted by atomic mass is 32.1. The molecule has 0 radical (unpaired) electrons. The zero-order chi connectivity index (χ0) is 13.1. The van der Waals surface area contributed by atoms with Gasteiger partial charge < -0.3 is 15.1 Å². The molecule has 0 aromatic carbocycles. The van der Waals surface area contributed by atoms with Crippen LogP contribution >= 0.6 is 11.3 Å². The molecule has 1 saturated carbocycles. The molecule has 0 amide bonds. The highest BCUT2D eigenvalue weighted by molar-refractivity contribution is 7.14. The van der Waals surface area contributed by atoms with Crippen LogP contribution in [-0.4, -0.2) is 50.1 Å². The van der Waals surface area contributed by atoms with E-state index in [0.717, 1.165) is 32.1 Å². The van der Waals surface area contributed by atoms with E-state index in [1.807, 2.05) is 18.4 Å². The van der Waals surface area contributed by atoms with Gasteiger partial charge in [0.15, 0.2) is 5.96 Å². The predicted molar refractivity (Wildman–Crippen MR) is 82.2 cm³/mol. The molecule has 0 bridgehead atoms. The number of aliphatic imine (C=N–C) groups is 1. The maximum Gasteiger partial charge on any atom is 0.193 e. The second kappa shape index (κ2) is 5.82. The third-order valence-electron chi connectivity index (χ3n) is 4.05. The van der Waals surface area contributed by atoms with E-state index in [9.17, 15) is 0 Å². The fourth-order valence-electron chi connectivity index (χ4n) is 2.62. The van der Waals surface area contributed by atoms with Crippen molar-refractivity contribution in [1.29, 1.82) is 0 Å². The van der Waals surface area contributed by atoms with E-state index < -0.39 is 0 Å². The fourth-order valence-corrected chi connectivity index (χ4v) is 3.41. The monoisotopic (exact) mass is 278 g/mol. The van der Waals surface area contributed by atoms with Gasteiger partial charge in [0.25, 0.3) is 0 Å². The van der Waals surface area contributed by atoms with Gasteiger partial charge in [0.2, 0.25) is 0 Å². The van der Waals surface area contributed by atoms with E-state index in [4.69, 9.17) is 0 Å². The molecule has 104 valence electrons. The average molecular weight is 278 g/mol. The van der Waals surface area contributed by atoms with Gasteiger partial charge in [0.05, 0.1) is 5.00 Å². The van der Waals surface area contributed by atoms with Gasteiger partial charge in [-0.25, -0.2) is 0 Å². The van der Waals surface area contributed by atoms with Crippen LogP contribution in [0.5, 0.6) is 0 Å². The third-order valence-corrected chi connectivity index (χ3v) is 4.98. The van der Waals surface area contributed by atoms with E-state index in [2.05, 4.69) is 37.6 Å². The lowest BCUT2D eigenvalue weighted by Gasteiger charge is -2.39. The summed E-state index contributed by atoms with van der Waals surface area (Å²) in [4.78, 5) is 9.30. The number of rotatable bonds is 2. The third kappa shape index (κ3) is 2.86. The molecule has 1 aromatic heterocycles. The van der Waals surface area contributed by atoms with Crippen LogP contribution in [0.2, 0.25) is 0 Å². The summed E-state index contributed by atoms with van der Waals surface area (Å²) in [6.07, 6.45) is 3.96. The number of anilines is 1. The molecule has 1 aromatic rings. The van der Waals surface area contributed by atoms with Crippen LogP contribution in [0.4, 0.5) is 5.00 Å². The maximum absolute atomic E-state index is 4.44. The standard InChI is InChI=1S/C14H22N4S/c1-15-14(16-12-4-2-5-12)18-9-7-17(8-10-18)13-6-3-11-19-13/h3,6,11-12H,2,4-5,7-10H2,1H3,(H,15,16). The molecule has 3 rings (SSSR count). The van der Waals surface area contributed by atoms with Crippen molar-refractivity contribution >= 4 is 22.3 Å². The molecule has 2 aliphatic rings. The molecule has 5 heteroatoms. The number of nitrogens with one attached hydrogen (secondary N) is 1. The largest absolute Gasteiger partial charge is 0.360 e. The van der Waals surface area contributed by atoms with Crippen LogP contribution in [0, 0.1) is 0 Å². The van der Waals surface area contributed by atoms with Crippen LogP contribution in [0.25, 0.3) is 0 Å². The number of piperazine rings is 1. The molecule has 0 unspecified atom stereocenters. The van der Waals surface area contributed by atoms with Crippen molar-refractivity contribution in [2.75, 3.05) is 38.1 Å². The van der Waals surface area contributed by atoms with Crippen LogP contribution in [0.15, 0.2) is 22.5 Å². The van der Waals surface area contributed by atoms with Crippen LogP contribution in [0.1, 0.15) is 19.3 Å². The summed E-state index contributed by atoms with van der Waals surface area (Å²) in [6, 6.07) is 5.00. The topological polar surface area (TPSA) is 30.9 Å². The Balaban J connectivity index is 1.53. The van der Waals surface area contributed by atoms with Crippen molar-refractivity contribution in [3.8, 4) is 0 Å². The lowest BCUT2D eigenvalue weighted by atomic mass is 9.93. The number of guanidine groups is 1. The molecule has 1 aliphatic heterocycles. The van der Waals surface area contributed by atoms with E-state index in [-0.39, 0.29) is 0 Å². The van der Waals surface area contributed by atoms with Gasteiger partial charge in [-0.05, 0) is 36.8 Å². The number of hydrogen-bond donors (Lipinski definition) is 1. The molecule has 2 fully saturated rings. The van der Waals surface area contributed by atoms with E-state index >= 15 is 0 Å². The molecule has 4 nitrogen and oxygen atoms in total. The Morgan fingerprint density at radius 2 is 2.11 bits per heavy atom. The minimum Gasteiger partial charge on any atom is -0.360 e. The SMILES string of the molecule is CN=C(NC1CCC1)N1CCN(c2cccs2)CC1. The Morgan fingerprint density at radius 1 is 1.32 bits per heavy atom. The first-order valence-corrected chi connectivity index (χ1v) is 8.01. The molecule has 0 spiro atoms. The summed E-state index contributed by atoms with van der Waals surface area (Å²) in [5.74, 6) is 1.09. The van der Waals surface area contributed by atoms with Gasteiger partial charge in [-0.2, -0.15) is 0 Å². The zero-order valence-electron chi connectivity index (χ0n) is 11.5. The summed E-state index contributed by atoms with van der Waals surface area (Å²) in [6.45, 7) is 4.30. The maximum atomic E-state index is 4.44. The number of thiophene rings is 1. The Bertz CT molecular complexity index is 417. The van der Waals surface area contributed by atoms with Gasteiger partial charge >= 0.3 is 0 Å². The Kier molecular flexibility index (Phi) is 3.92. The van der Waals surface area contributed by atoms with Crippen LogP contribution < -0.4 is 10.2 Å². The lowest BCUT2D eigenvalue weighted by Crippen LogP contribution is -2.55. The molecule has 2 heterocycles. The summed E-state index contributed by atoms with van der Waals surface area (Å²) >= 11 is 1.83.